The second-order valence-electron chi connectivity index (χ2n) is 6.97. The fourth-order valence-electron chi connectivity index (χ4n) is 3.15. The van der Waals surface area contributed by atoms with E-state index in [1.807, 2.05) is 25.1 Å². The lowest BCUT2D eigenvalue weighted by Crippen LogP contribution is -2.33. The molecule has 1 heterocycles. The number of amides is 3. The summed E-state index contributed by atoms with van der Waals surface area (Å²) in [5.41, 5.74) is 2.67. The third kappa shape index (κ3) is 5.03. The Balaban J connectivity index is 1.51. The number of hydrogen-bond donors (Lipinski definition) is 1. The molecule has 3 rings (SSSR count). The van der Waals surface area contributed by atoms with Gasteiger partial charge in [-0.05, 0) is 43.0 Å². The van der Waals surface area contributed by atoms with Gasteiger partial charge in [-0.25, -0.2) is 0 Å². The molecule has 0 saturated carbocycles. The van der Waals surface area contributed by atoms with E-state index in [0.29, 0.717) is 18.4 Å². The standard InChI is InChI=1S/C22H24N2O3/c1-16(7-8-17-5-3-2-4-6-17)23-22(27)19-11-9-18(10-12-19)15-24-20(25)13-14-21(24)26/h2-6,9-12,16H,7-8,13-15H2,1H3,(H,23,27). The van der Waals surface area contributed by atoms with Gasteiger partial charge < -0.3 is 5.32 Å². The second-order valence-corrected chi connectivity index (χ2v) is 6.97. The molecule has 5 heteroatoms. The molecule has 1 fully saturated rings. The van der Waals surface area contributed by atoms with Crippen LogP contribution in [0.15, 0.2) is 54.6 Å². The topological polar surface area (TPSA) is 66.5 Å². The Labute approximate surface area is 159 Å². The van der Waals surface area contributed by atoms with Crippen molar-refractivity contribution in [1.82, 2.24) is 10.2 Å². The maximum Gasteiger partial charge on any atom is 0.251 e. The summed E-state index contributed by atoms with van der Waals surface area (Å²) in [4.78, 5) is 37.1. The zero-order chi connectivity index (χ0) is 19.2. The van der Waals surface area contributed by atoms with Crippen molar-refractivity contribution in [2.24, 2.45) is 0 Å². The third-order valence-corrected chi connectivity index (χ3v) is 4.80. The molecule has 0 aliphatic carbocycles. The van der Waals surface area contributed by atoms with Crippen LogP contribution in [0, 0.1) is 0 Å². The fourth-order valence-corrected chi connectivity index (χ4v) is 3.15. The Morgan fingerprint density at radius 3 is 2.22 bits per heavy atom. The lowest BCUT2D eigenvalue weighted by atomic mass is 10.1. The first-order valence-electron chi connectivity index (χ1n) is 9.30. The van der Waals surface area contributed by atoms with Gasteiger partial charge in [0.05, 0.1) is 6.54 Å². The van der Waals surface area contributed by atoms with Crippen molar-refractivity contribution in [2.45, 2.75) is 45.2 Å². The number of hydrogen-bond acceptors (Lipinski definition) is 3. The van der Waals surface area contributed by atoms with Gasteiger partial charge in [0.25, 0.3) is 5.91 Å². The summed E-state index contributed by atoms with van der Waals surface area (Å²) in [6, 6.07) is 17.3. The Morgan fingerprint density at radius 2 is 1.59 bits per heavy atom. The molecule has 1 N–H and O–H groups in total. The van der Waals surface area contributed by atoms with Crippen LogP contribution in [0.3, 0.4) is 0 Å². The van der Waals surface area contributed by atoms with Crippen molar-refractivity contribution in [3.63, 3.8) is 0 Å². The molecule has 0 bridgehead atoms. The van der Waals surface area contributed by atoms with Gasteiger partial charge in [0, 0.05) is 24.4 Å². The summed E-state index contributed by atoms with van der Waals surface area (Å²) in [5, 5.41) is 3.02. The average molecular weight is 364 g/mol. The quantitative estimate of drug-likeness (QED) is 0.768. The zero-order valence-electron chi connectivity index (χ0n) is 15.5. The highest BCUT2D eigenvalue weighted by molar-refractivity contribution is 6.01. The molecule has 1 unspecified atom stereocenters. The average Bonchev–Trinajstić information content (AvgIpc) is 3.00. The molecule has 0 aromatic heterocycles. The van der Waals surface area contributed by atoms with Crippen LogP contribution in [0.2, 0.25) is 0 Å². The molecule has 2 aromatic rings. The molecule has 1 saturated heterocycles. The molecule has 5 nitrogen and oxygen atoms in total. The van der Waals surface area contributed by atoms with Crippen LogP contribution in [0.4, 0.5) is 0 Å². The van der Waals surface area contributed by atoms with Gasteiger partial charge in [0.1, 0.15) is 0 Å². The number of nitrogens with one attached hydrogen (secondary N) is 1. The summed E-state index contributed by atoms with van der Waals surface area (Å²) in [7, 11) is 0. The van der Waals surface area contributed by atoms with E-state index in [2.05, 4.69) is 17.4 Å². The van der Waals surface area contributed by atoms with Gasteiger partial charge in [-0.3, -0.25) is 19.3 Å². The molecular formula is C22H24N2O3. The number of carbonyl (C=O) groups excluding carboxylic acids is 3. The van der Waals surface area contributed by atoms with Crippen molar-refractivity contribution in [1.29, 1.82) is 0 Å². The molecular weight excluding hydrogens is 340 g/mol. The number of imide groups is 1. The first-order valence-corrected chi connectivity index (χ1v) is 9.30. The van der Waals surface area contributed by atoms with Crippen molar-refractivity contribution in [2.75, 3.05) is 0 Å². The summed E-state index contributed by atoms with van der Waals surface area (Å²) >= 11 is 0. The maximum absolute atomic E-state index is 12.4. The fraction of sp³-hybridized carbons (Fsp3) is 0.318. The minimum absolute atomic E-state index is 0.0669. The van der Waals surface area contributed by atoms with E-state index in [9.17, 15) is 14.4 Å². The number of likely N-dealkylation sites (tertiary alicyclic amines) is 1. The van der Waals surface area contributed by atoms with E-state index >= 15 is 0 Å². The predicted molar refractivity (Wildman–Crippen MR) is 103 cm³/mol. The Morgan fingerprint density at radius 1 is 0.963 bits per heavy atom. The van der Waals surface area contributed by atoms with Gasteiger partial charge in [0.15, 0.2) is 0 Å². The molecule has 2 aromatic carbocycles. The zero-order valence-corrected chi connectivity index (χ0v) is 15.5. The number of benzene rings is 2. The van der Waals surface area contributed by atoms with Crippen molar-refractivity contribution in [3.05, 3.63) is 71.3 Å². The molecule has 1 aliphatic heterocycles. The monoisotopic (exact) mass is 364 g/mol. The summed E-state index contributed by atoms with van der Waals surface area (Å²) in [6.45, 7) is 2.27. The lowest BCUT2D eigenvalue weighted by molar-refractivity contribution is -0.139. The number of nitrogens with zero attached hydrogens (tertiary/aromatic N) is 1. The highest BCUT2D eigenvalue weighted by Crippen LogP contribution is 2.16. The van der Waals surface area contributed by atoms with Crippen LogP contribution in [0.5, 0.6) is 0 Å². The normalized spacial score (nSPS) is 15.1. The van der Waals surface area contributed by atoms with Gasteiger partial charge in [-0.2, -0.15) is 0 Å². The predicted octanol–water partition coefficient (Wildman–Crippen LogP) is 3.09. The molecule has 0 radical (unpaired) electrons. The SMILES string of the molecule is CC(CCc1ccccc1)NC(=O)c1ccc(CN2C(=O)CCC2=O)cc1. The maximum atomic E-state index is 12.4. The van der Waals surface area contributed by atoms with Crippen LogP contribution in [0.25, 0.3) is 0 Å². The van der Waals surface area contributed by atoms with Gasteiger partial charge in [-0.15, -0.1) is 0 Å². The number of rotatable bonds is 7. The third-order valence-electron chi connectivity index (χ3n) is 4.80. The molecule has 3 amide bonds. The Kier molecular flexibility index (Phi) is 6.01. The van der Waals surface area contributed by atoms with E-state index in [0.717, 1.165) is 18.4 Å². The van der Waals surface area contributed by atoms with E-state index in [-0.39, 0.29) is 30.3 Å². The van der Waals surface area contributed by atoms with E-state index in [1.165, 1.54) is 10.5 Å². The van der Waals surface area contributed by atoms with E-state index < -0.39 is 0 Å². The van der Waals surface area contributed by atoms with Crippen LogP contribution >= 0.6 is 0 Å². The first kappa shape index (κ1) is 18.8. The minimum atomic E-state index is -0.130. The molecule has 1 aliphatic rings. The summed E-state index contributed by atoms with van der Waals surface area (Å²) < 4.78 is 0. The number of aryl methyl sites for hydroxylation is 1. The van der Waals surface area contributed by atoms with Crippen molar-refractivity contribution < 1.29 is 14.4 Å². The molecule has 140 valence electrons. The largest absolute Gasteiger partial charge is 0.350 e. The van der Waals surface area contributed by atoms with Crippen molar-refractivity contribution >= 4 is 17.7 Å². The summed E-state index contributed by atoms with van der Waals surface area (Å²) in [5.74, 6) is -0.376. The van der Waals surface area contributed by atoms with Crippen LogP contribution < -0.4 is 5.32 Å². The lowest BCUT2D eigenvalue weighted by Gasteiger charge is -2.15. The molecule has 0 spiro atoms. The Hall–Kier alpha value is -2.95. The first-order chi connectivity index (χ1) is 13.0. The van der Waals surface area contributed by atoms with Crippen LogP contribution in [0.1, 0.15) is 47.7 Å². The Bertz CT molecular complexity index is 799. The highest BCUT2D eigenvalue weighted by atomic mass is 16.2. The summed E-state index contributed by atoms with van der Waals surface area (Å²) in [6.07, 6.45) is 2.37. The van der Waals surface area contributed by atoms with Crippen molar-refractivity contribution in [3.8, 4) is 0 Å². The second kappa shape index (κ2) is 8.62. The minimum Gasteiger partial charge on any atom is -0.350 e. The van der Waals surface area contributed by atoms with Gasteiger partial charge >= 0.3 is 0 Å². The molecule has 27 heavy (non-hydrogen) atoms. The van der Waals surface area contributed by atoms with Gasteiger partial charge in [-0.1, -0.05) is 42.5 Å². The van der Waals surface area contributed by atoms with E-state index in [4.69, 9.17) is 0 Å². The van der Waals surface area contributed by atoms with Crippen LogP contribution in [-0.4, -0.2) is 28.7 Å². The number of carbonyl (C=O) groups is 3. The van der Waals surface area contributed by atoms with E-state index in [1.54, 1.807) is 24.3 Å². The highest BCUT2D eigenvalue weighted by Gasteiger charge is 2.28. The van der Waals surface area contributed by atoms with Crippen LogP contribution in [-0.2, 0) is 22.6 Å². The van der Waals surface area contributed by atoms with Gasteiger partial charge in [0.2, 0.25) is 11.8 Å². The molecule has 1 atom stereocenters. The smallest absolute Gasteiger partial charge is 0.251 e.